The fourth-order valence-corrected chi connectivity index (χ4v) is 2.86. The molecule has 0 aliphatic heterocycles. The molecule has 0 radical (unpaired) electrons. The van der Waals surface area contributed by atoms with Gasteiger partial charge in [0, 0.05) is 10.6 Å². The van der Waals surface area contributed by atoms with Gasteiger partial charge >= 0.3 is 5.97 Å². The minimum Gasteiger partial charge on any atom is -0.465 e. The molecule has 0 aliphatic carbocycles. The van der Waals surface area contributed by atoms with Gasteiger partial charge in [0.25, 0.3) is 0 Å². The highest BCUT2D eigenvalue weighted by atomic mass is 35.5. The van der Waals surface area contributed by atoms with E-state index >= 15 is 0 Å². The lowest BCUT2D eigenvalue weighted by Gasteiger charge is -2.09. The molecule has 1 aromatic carbocycles. The van der Waals surface area contributed by atoms with E-state index in [0.717, 1.165) is 0 Å². The second-order valence-electron chi connectivity index (χ2n) is 3.77. The van der Waals surface area contributed by atoms with Gasteiger partial charge < -0.3 is 4.74 Å². The van der Waals surface area contributed by atoms with Crippen molar-refractivity contribution in [3.05, 3.63) is 50.0 Å². The van der Waals surface area contributed by atoms with Gasteiger partial charge in [0.15, 0.2) is 0 Å². The molecule has 1 heterocycles. The van der Waals surface area contributed by atoms with Crippen LogP contribution < -0.4 is 0 Å². The highest BCUT2D eigenvalue weighted by Crippen LogP contribution is 2.37. The summed E-state index contributed by atoms with van der Waals surface area (Å²) < 4.78 is 4.59. The number of benzene rings is 1. The van der Waals surface area contributed by atoms with Crippen molar-refractivity contribution in [2.45, 2.75) is 0 Å². The van der Waals surface area contributed by atoms with Crippen molar-refractivity contribution in [2.24, 2.45) is 0 Å². The number of halogens is 4. The Morgan fingerprint density at radius 2 is 1.70 bits per heavy atom. The van der Waals surface area contributed by atoms with Crippen LogP contribution in [0, 0.1) is 0 Å². The van der Waals surface area contributed by atoms with Crippen LogP contribution in [0.15, 0.2) is 24.3 Å². The molecule has 2 rings (SSSR count). The van der Waals surface area contributed by atoms with E-state index in [1.807, 2.05) is 0 Å². The van der Waals surface area contributed by atoms with Crippen LogP contribution in [0.3, 0.4) is 0 Å². The van der Waals surface area contributed by atoms with Crippen molar-refractivity contribution in [3.8, 4) is 11.3 Å². The molecule has 1 aromatic heterocycles. The molecule has 0 spiro atoms. The minimum absolute atomic E-state index is 0.0106. The van der Waals surface area contributed by atoms with Crippen LogP contribution in [-0.4, -0.2) is 18.1 Å². The third-order valence-corrected chi connectivity index (χ3v) is 3.62. The van der Waals surface area contributed by atoms with Gasteiger partial charge in [-0.2, -0.15) is 0 Å². The summed E-state index contributed by atoms with van der Waals surface area (Å²) in [5.74, 6) is -0.567. The number of ether oxygens (including phenoxy) is 1. The lowest BCUT2D eigenvalue weighted by Crippen LogP contribution is -2.03. The normalized spacial score (nSPS) is 10.4. The van der Waals surface area contributed by atoms with E-state index in [9.17, 15) is 4.79 Å². The van der Waals surface area contributed by atoms with Crippen molar-refractivity contribution in [1.29, 1.82) is 0 Å². The number of methoxy groups -OCH3 is 1. The first-order valence-corrected chi connectivity index (χ1v) is 6.85. The van der Waals surface area contributed by atoms with E-state index in [0.29, 0.717) is 26.3 Å². The molecule has 0 saturated heterocycles. The van der Waals surface area contributed by atoms with Crippen LogP contribution in [-0.2, 0) is 4.74 Å². The van der Waals surface area contributed by atoms with Crippen molar-refractivity contribution in [2.75, 3.05) is 7.11 Å². The van der Waals surface area contributed by atoms with E-state index in [2.05, 4.69) is 9.72 Å². The molecule has 20 heavy (non-hydrogen) atoms. The lowest BCUT2D eigenvalue weighted by molar-refractivity contribution is 0.0600. The Morgan fingerprint density at radius 3 is 2.20 bits per heavy atom. The van der Waals surface area contributed by atoms with Crippen LogP contribution in [0.5, 0.6) is 0 Å². The molecular formula is C13H7Cl4NO2. The van der Waals surface area contributed by atoms with Crippen molar-refractivity contribution in [3.63, 3.8) is 0 Å². The Morgan fingerprint density at radius 1 is 1.10 bits per heavy atom. The van der Waals surface area contributed by atoms with Crippen molar-refractivity contribution < 1.29 is 9.53 Å². The second kappa shape index (κ2) is 6.19. The second-order valence-corrected chi connectivity index (χ2v) is 5.38. The van der Waals surface area contributed by atoms with Crippen LogP contribution in [0.4, 0.5) is 0 Å². The first kappa shape index (κ1) is 15.4. The molecule has 0 fully saturated rings. The Kier molecular flexibility index (Phi) is 4.76. The maximum absolute atomic E-state index is 11.4. The number of esters is 1. The number of pyridine rings is 1. The third kappa shape index (κ3) is 3.01. The SMILES string of the molecule is COC(=O)c1ccc(-c2c(Cl)cc(Cl)cc2Cl)nc1Cl. The summed E-state index contributed by atoms with van der Waals surface area (Å²) in [5.41, 5.74) is 1.10. The minimum atomic E-state index is -0.567. The molecule has 0 amide bonds. The van der Waals surface area contributed by atoms with Crippen LogP contribution in [0.1, 0.15) is 10.4 Å². The van der Waals surface area contributed by atoms with Crippen molar-refractivity contribution >= 4 is 52.4 Å². The highest BCUT2D eigenvalue weighted by molar-refractivity contribution is 6.41. The maximum atomic E-state index is 11.4. The molecule has 104 valence electrons. The van der Waals surface area contributed by atoms with Gasteiger partial charge in [-0.05, 0) is 24.3 Å². The largest absolute Gasteiger partial charge is 0.465 e. The monoisotopic (exact) mass is 349 g/mol. The summed E-state index contributed by atoms with van der Waals surface area (Å²) in [6.07, 6.45) is 0. The molecule has 2 aromatic rings. The predicted molar refractivity (Wildman–Crippen MR) is 81.1 cm³/mol. The summed E-state index contributed by atoms with van der Waals surface area (Å²) in [5, 5.41) is 1.12. The van der Waals surface area contributed by atoms with E-state index < -0.39 is 5.97 Å². The topological polar surface area (TPSA) is 39.2 Å². The van der Waals surface area contributed by atoms with Gasteiger partial charge in [0.1, 0.15) is 5.15 Å². The number of rotatable bonds is 2. The predicted octanol–water partition coefficient (Wildman–Crippen LogP) is 5.15. The number of hydrogen-bond acceptors (Lipinski definition) is 3. The molecular weight excluding hydrogens is 344 g/mol. The van der Waals surface area contributed by atoms with Crippen LogP contribution in [0.2, 0.25) is 20.2 Å². The number of carbonyl (C=O) groups excluding carboxylic acids is 1. The van der Waals surface area contributed by atoms with Gasteiger partial charge in [0.2, 0.25) is 0 Å². The quantitative estimate of drug-likeness (QED) is 0.555. The van der Waals surface area contributed by atoms with Crippen LogP contribution >= 0.6 is 46.4 Å². The van der Waals surface area contributed by atoms with Crippen LogP contribution in [0.25, 0.3) is 11.3 Å². The Labute approximate surface area is 135 Å². The smallest absolute Gasteiger partial charge is 0.341 e. The van der Waals surface area contributed by atoms with Gasteiger partial charge in [-0.1, -0.05) is 46.4 Å². The van der Waals surface area contributed by atoms with Gasteiger partial charge in [-0.3, -0.25) is 0 Å². The number of nitrogens with zero attached hydrogens (tertiary/aromatic N) is 1. The zero-order valence-electron chi connectivity index (χ0n) is 10.1. The van der Waals surface area contributed by atoms with E-state index in [4.69, 9.17) is 46.4 Å². The number of hydrogen-bond donors (Lipinski definition) is 0. The lowest BCUT2D eigenvalue weighted by atomic mass is 10.1. The van der Waals surface area contributed by atoms with E-state index in [1.165, 1.54) is 13.2 Å². The molecule has 3 nitrogen and oxygen atoms in total. The van der Waals surface area contributed by atoms with Gasteiger partial charge in [0.05, 0.1) is 28.4 Å². The zero-order valence-corrected chi connectivity index (χ0v) is 13.1. The van der Waals surface area contributed by atoms with E-state index in [1.54, 1.807) is 18.2 Å². The standard InChI is InChI=1S/C13H7Cl4NO2/c1-20-13(19)7-2-3-10(18-12(7)17)11-8(15)4-6(14)5-9(11)16/h2-5H,1H3. The molecule has 0 atom stereocenters. The molecule has 0 N–H and O–H groups in total. The highest BCUT2D eigenvalue weighted by Gasteiger charge is 2.16. The third-order valence-electron chi connectivity index (χ3n) is 2.52. The zero-order chi connectivity index (χ0) is 14.9. The first-order valence-electron chi connectivity index (χ1n) is 5.34. The van der Waals surface area contributed by atoms with Crippen molar-refractivity contribution in [1.82, 2.24) is 4.98 Å². The van der Waals surface area contributed by atoms with Gasteiger partial charge in [-0.15, -0.1) is 0 Å². The Balaban J connectivity index is 2.55. The van der Waals surface area contributed by atoms with E-state index in [-0.39, 0.29) is 10.7 Å². The average molecular weight is 351 g/mol. The summed E-state index contributed by atoms with van der Waals surface area (Å²) in [6.45, 7) is 0. The van der Waals surface area contributed by atoms with Gasteiger partial charge in [-0.25, -0.2) is 9.78 Å². The molecule has 0 bridgehead atoms. The molecule has 0 aliphatic rings. The molecule has 7 heteroatoms. The number of carbonyl (C=O) groups is 1. The molecule has 0 unspecified atom stereocenters. The summed E-state index contributed by atoms with van der Waals surface area (Å²) in [7, 11) is 1.26. The number of aromatic nitrogens is 1. The maximum Gasteiger partial charge on any atom is 0.341 e. The average Bonchev–Trinajstić information content (AvgIpc) is 2.37. The first-order chi connectivity index (χ1) is 9.43. The summed E-state index contributed by atoms with van der Waals surface area (Å²) in [6, 6.07) is 6.18. The Bertz CT molecular complexity index is 665. The summed E-state index contributed by atoms with van der Waals surface area (Å²) >= 11 is 24.0. The summed E-state index contributed by atoms with van der Waals surface area (Å²) in [4.78, 5) is 15.6. The molecule has 0 saturated carbocycles. The Hall–Kier alpha value is -1.000. The fourth-order valence-electron chi connectivity index (χ4n) is 1.62. The fraction of sp³-hybridized carbons (Fsp3) is 0.0769.